The Morgan fingerprint density at radius 1 is 0.452 bits per heavy atom. The normalized spacial score (nSPS) is 13.1. The van der Waals surface area contributed by atoms with Gasteiger partial charge in [-0.2, -0.15) is 0 Å². The number of anilines is 3. The second kappa shape index (κ2) is 14.2. The maximum Gasteiger partial charge on any atom is 0.235 e. The van der Waals surface area contributed by atoms with Crippen LogP contribution in [0.3, 0.4) is 0 Å². The Bertz CT molecular complexity index is 3430. The molecular formula is C56H39N5S. The summed E-state index contributed by atoms with van der Waals surface area (Å²) in [6, 6.07) is 71.2. The molecule has 0 amide bonds. The zero-order valence-electron chi connectivity index (χ0n) is 34.2. The van der Waals surface area contributed by atoms with Crippen molar-refractivity contribution in [2.45, 2.75) is 19.3 Å². The summed E-state index contributed by atoms with van der Waals surface area (Å²) in [6.07, 6.45) is 0. The monoisotopic (exact) mass is 813 g/mol. The molecule has 0 bridgehead atoms. The summed E-state index contributed by atoms with van der Waals surface area (Å²) in [5, 5.41) is 3.25. The van der Waals surface area contributed by atoms with Gasteiger partial charge in [0.05, 0.1) is 44.0 Å². The van der Waals surface area contributed by atoms with Gasteiger partial charge < -0.3 is 4.90 Å². The van der Waals surface area contributed by atoms with Crippen LogP contribution in [0.15, 0.2) is 200 Å². The Balaban J connectivity index is 1.10. The highest BCUT2D eigenvalue weighted by atomic mass is 32.1. The molecule has 8 aromatic carbocycles. The lowest BCUT2D eigenvalue weighted by Crippen LogP contribution is -2.30. The summed E-state index contributed by atoms with van der Waals surface area (Å²) >= 11 is 1.72. The van der Waals surface area contributed by atoms with Crippen molar-refractivity contribution < 1.29 is 0 Å². The molecular weight excluding hydrogens is 775 g/mol. The fourth-order valence-corrected chi connectivity index (χ4v) is 10.5. The molecule has 294 valence electrons. The highest BCUT2D eigenvalue weighted by Crippen LogP contribution is 2.53. The zero-order chi connectivity index (χ0) is 41.4. The third-order valence-electron chi connectivity index (χ3n) is 12.4. The molecule has 1 aliphatic rings. The van der Waals surface area contributed by atoms with Gasteiger partial charge in [-0.1, -0.05) is 153 Å². The number of hydrogen-bond acceptors (Lipinski definition) is 5. The van der Waals surface area contributed by atoms with E-state index < -0.39 is 0 Å². The molecule has 0 atom stereocenters. The minimum absolute atomic E-state index is 0.223. The molecule has 12 rings (SSSR count). The van der Waals surface area contributed by atoms with E-state index in [1.54, 1.807) is 11.3 Å². The van der Waals surface area contributed by atoms with E-state index in [0.717, 1.165) is 76.4 Å². The van der Waals surface area contributed by atoms with Crippen molar-refractivity contribution >= 4 is 60.4 Å². The molecule has 0 saturated heterocycles. The van der Waals surface area contributed by atoms with Gasteiger partial charge in [-0.05, 0) is 82.9 Å². The van der Waals surface area contributed by atoms with Gasteiger partial charge in [-0.3, -0.25) is 4.57 Å². The first-order chi connectivity index (χ1) is 30.5. The number of hydrogen-bond donors (Lipinski definition) is 0. The fourth-order valence-electron chi connectivity index (χ4n) is 9.36. The van der Waals surface area contributed by atoms with E-state index >= 15 is 0 Å². The molecule has 62 heavy (non-hydrogen) atoms. The van der Waals surface area contributed by atoms with Crippen molar-refractivity contribution in [3.05, 3.63) is 211 Å². The van der Waals surface area contributed by atoms with Crippen LogP contribution in [0.2, 0.25) is 0 Å². The molecule has 5 nitrogen and oxygen atoms in total. The largest absolute Gasteiger partial charge is 0.310 e. The van der Waals surface area contributed by atoms with Gasteiger partial charge >= 0.3 is 0 Å². The zero-order valence-corrected chi connectivity index (χ0v) is 35.0. The lowest BCUT2D eigenvalue weighted by molar-refractivity contribution is 0.632. The summed E-state index contributed by atoms with van der Waals surface area (Å²) in [5.41, 5.74) is 16.2. The molecule has 11 aromatic rings. The molecule has 0 fully saturated rings. The minimum Gasteiger partial charge on any atom is -0.310 e. The Morgan fingerprint density at radius 3 is 1.73 bits per heavy atom. The Labute approximate surface area is 363 Å². The van der Waals surface area contributed by atoms with E-state index in [1.165, 1.54) is 28.1 Å². The highest BCUT2D eigenvalue weighted by molar-refractivity contribution is 7.22. The molecule has 0 saturated carbocycles. The maximum atomic E-state index is 5.37. The fraction of sp³-hybridized carbons (Fsp3) is 0.0536. The van der Waals surface area contributed by atoms with Crippen molar-refractivity contribution in [1.82, 2.24) is 19.5 Å². The molecule has 1 aliphatic heterocycles. The Hall–Kier alpha value is -7.67. The van der Waals surface area contributed by atoms with Gasteiger partial charge in [0, 0.05) is 38.6 Å². The van der Waals surface area contributed by atoms with E-state index in [-0.39, 0.29) is 5.41 Å². The van der Waals surface area contributed by atoms with Gasteiger partial charge in [0.25, 0.3) is 0 Å². The summed E-state index contributed by atoms with van der Waals surface area (Å²) in [7, 11) is 0. The van der Waals surface area contributed by atoms with Gasteiger partial charge in [-0.25, -0.2) is 15.0 Å². The van der Waals surface area contributed by atoms with Crippen LogP contribution in [0, 0.1) is 0 Å². The maximum absolute atomic E-state index is 5.37. The number of para-hydroxylation sites is 2. The smallest absolute Gasteiger partial charge is 0.235 e. The van der Waals surface area contributed by atoms with Crippen LogP contribution in [-0.4, -0.2) is 19.5 Å². The van der Waals surface area contributed by atoms with Crippen LogP contribution in [0.1, 0.15) is 25.0 Å². The number of benzene rings is 8. The minimum atomic E-state index is -0.223. The molecule has 0 aliphatic carbocycles. The molecule has 0 unspecified atom stereocenters. The van der Waals surface area contributed by atoms with Crippen LogP contribution in [0.4, 0.5) is 17.1 Å². The standard InChI is InChI=1S/C56H39N5S/c1-56(2)44-25-15-16-26-50(44)60(41-23-13-6-14-24-41)51-32-28-40(34-45(51)56)39-27-31-49-43(33-39)42-29-30-46-53(62-54(57-46)38-21-11-5-12-22-38)52(42)61(49)55-58-47(36-17-7-3-8-18-36)35-48(59-55)37-19-9-4-10-20-37/h3-35H,1-2H3. The number of rotatable bonds is 6. The average molecular weight is 814 g/mol. The van der Waals surface area contributed by atoms with E-state index in [9.17, 15) is 0 Å². The van der Waals surface area contributed by atoms with E-state index in [4.69, 9.17) is 15.0 Å². The van der Waals surface area contributed by atoms with Crippen molar-refractivity contribution in [3.63, 3.8) is 0 Å². The van der Waals surface area contributed by atoms with Gasteiger partial charge in [0.2, 0.25) is 5.95 Å². The second-order valence-electron chi connectivity index (χ2n) is 16.5. The average Bonchev–Trinajstić information content (AvgIpc) is 3.92. The second-order valence-corrected chi connectivity index (χ2v) is 17.5. The third kappa shape index (κ3) is 5.79. The van der Waals surface area contributed by atoms with Crippen LogP contribution >= 0.6 is 11.3 Å². The first kappa shape index (κ1) is 36.2. The first-order valence-corrected chi connectivity index (χ1v) is 21.8. The molecule has 6 heteroatoms. The van der Waals surface area contributed by atoms with E-state index in [1.807, 2.05) is 18.2 Å². The summed E-state index contributed by atoms with van der Waals surface area (Å²) < 4.78 is 3.37. The van der Waals surface area contributed by atoms with Crippen LogP contribution in [0.5, 0.6) is 0 Å². The summed E-state index contributed by atoms with van der Waals surface area (Å²) in [4.78, 5) is 18.3. The van der Waals surface area contributed by atoms with Crippen molar-refractivity contribution in [2.75, 3.05) is 4.90 Å². The molecule has 3 aromatic heterocycles. The first-order valence-electron chi connectivity index (χ1n) is 21.0. The number of fused-ring (bicyclic) bond motifs is 7. The van der Waals surface area contributed by atoms with Crippen LogP contribution < -0.4 is 4.90 Å². The molecule has 0 N–H and O–H groups in total. The van der Waals surface area contributed by atoms with Crippen LogP contribution in [0.25, 0.3) is 82.2 Å². The number of thiazole rings is 1. The molecule has 0 spiro atoms. The summed E-state index contributed by atoms with van der Waals surface area (Å²) in [6.45, 7) is 4.70. The summed E-state index contributed by atoms with van der Waals surface area (Å²) in [5.74, 6) is 0.621. The quantitative estimate of drug-likeness (QED) is 0.168. The van der Waals surface area contributed by atoms with Crippen molar-refractivity contribution in [3.8, 4) is 50.2 Å². The Kier molecular flexibility index (Phi) is 8.31. The van der Waals surface area contributed by atoms with Gasteiger partial charge in [-0.15, -0.1) is 11.3 Å². The van der Waals surface area contributed by atoms with E-state index in [2.05, 4.69) is 205 Å². The van der Waals surface area contributed by atoms with Crippen LogP contribution in [-0.2, 0) is 5.41 Å². The SMILES string of the molecule is CC1(C)c2ccccc2N(c2ccccc2)c2ccc(-c3ccc4c(c3)c3ccc5nc(-c6ccccc6)sc5c3n4-c3nc(-c4ccccc4)cc(-c4ccccc4)n3)cc21. The predicted octanol–water partition coefficient (Wildman–Crippen LogP) is 15.0. The van der Waals surface area contributed by atoms with Gasteiger partial charge in [0.1, 0.15) is 5.01 Å². The predicted molar refractivity (Wildman–Crippen MR) is 258 cm³/mol. The van der Waals surface area contributed by atoms with E-state index in [0.29, 0.717) is 5.95 Å². The topological polar surface area (TPSA) is 46.8 Å². The number of nitrogens with zero attached hydrogens (tertiary/aromatic N) is 5. The Morgan fingerprint density at radius 2 is 1.03 bits per heavy atom. The lowest BCUT2D eigenvalue weighted by atomic mass is 9.73. The molecule has 4 heterocycles. The lowest BCUT2D eigenvalue weighted by Gasteiger charge is -2.42. The molecule has 0 radical (unpaired) electrons. The highest BCUT2D eigenvalue weighted by Gasteiger charge is 2.37. The third-order valence-corrected chi connectivity index (χ3v) is 13.6. The van der Waals surface area contributed by atoms with Crippen molar-refractivity contribution in [2.24, 2.45) is 0 Å². The number of aromatic nitrogens is 4. The van der Waals surface area contributed by atoms with Gasteiger partial charge in [0.15, 0.2) is 0 Å². The van der Waals surface area contributed by atoms with Crippen molar-refractivity contribution in [1.29, 1.82) is 0 Å².